The minimum atomic E-state index is -0.478. The first kappa shape index (κ1) is 18.2. The van der Waals surface area contributed by atoms with Crippen molar-refractivity contribution in [2.75, 3.05) is 0 Å². The molecular formula is C23H21FN2O2. The van der Waals surface area contributed by atoms with Crippen LogP contribution in [0.5, 0.6) is 11.5 Å². The Balaban J connectivity index is 1.33. The molecule has 4 nitrogen and oxygen atoms in total. The summed E-state index contributed by atoms with van der Waals surface area (Å²) in [6.45, 7) is 0.272. The van der Waals surface area contributed by atoms with E-state index < -0.39 is 5.82 Å². The van der Waals surface area contributed by atoms with Crippen LogP contribution in [0.2, 0.25) is 0 Å². The number of ether oxygens (including phenoxy) is 1. The molecule has 1 amide bonds. The molecule has 0 fully saturated rings. The standard InChI is InChI=1S/C23H21FN2O2/c24-21-12-17(7-9-22(21)28-20-5-2-10-25-15-20)14-26-23(27)13-16-6-8-18-3-1-4-19(18)11-16/h2,5-12,15H,1,3-4,13-14H2,(H,26,27). The lowest BCUT2D eigenvalue weighted by Crippen LogP contribution is -2.24. The summed E-state index contributed by atoms with van der Waals surface area (Å²) in [5, 5.41) is 2.86. The molecule has 28 heavy (non-hydrogen) atoms. The topological polar surface area (TPSA) is 51.2 Å². The summed E-state index contributed by atoms with van der Waals surface area (Å²) in [5.41, 5.74) is 4.45. The molecule has 3 aromatic rings. The Hall–Kier alpha value is -3.21. The van der Waals surface area contributed by atoms with Gasteiger partial charge >= 0.3 is 0 Å². The highest BCUT2D eigenvalue weighted by Crippen LogP contribution is 2.25. The van der Waals surface area contributed by atoms with Gasteiger partial charge in [-0.15, -0.1) is 0 Å². The fraction of sp³-hybridized carbons (Fsp3) is 0.217. The molecule has 0 unspecified atom stereocenters. The van der Waals surface area contributed by atoms with Gasteiger partial charge in [-0.25, -0.2) is 4.39 Å². The number of carbonyl (C=O) groups is 1. The summed E-state index contributed by atoms with van der Waals surface area (Å²) in [6.07, 6.45) is 6.89. The summed E-state index contributed by atoms with van der Waals surface area (Å²) < 4.78 is 19.8. The molecule has 1 N–H and O–H groups in total. The quantitative estimate of drug-likeness (QED) is 0.695. The number of hydrogen-bond acceptors (Lipinski definition) is 3. The lowest BCUT2D eigenvalue weighted by atomic mass is 10.0. The van der Waals surface area contributed by atoms with Crippen molar-refractivity contribution >= 4 is 5.91 Å². The van der Waals surface area contributed by atoms with E-state index in [0.29, 0.717) is 17.7 Å². The average molecular weight is 376 g/mol. The number of nitrogens with zero attached hydrogens (tertiary/aromatic N) is 1. The zero-order chi connectivity index (χ0) is 19.3. The Bertz CT molecular complexity index is 989. The highest BCUT2D eigenvalue weighted by atomic mass is 19.1. The lowest BCUT2D eigenvalue weighted by molar-refractivity contribution is -0.120. The van der Waals surface area contributed by atoms with Crippen molar-refractivity contribution in [3.05, 3.63) is 89.0 Å². The highest BCUT2D eigenvalue weighted by Gasteiger charge is 2.12. The van der Waals surface area contributed by atoms with Gasteiger partial charge in [0.05, 0.1) is 12.6 Å². The monoisotopic (exact) mass is 376 g/mol. The van der Waals surface area contributed by atoms with Gasteiger partial charge in [-0.3, -0.25) is 9.78 Å². The molecule has 0 atom stereocenters. The van der Waals surface area contributed by atoms with Crippen molar-refractivity contribution in [1.82, 2.24) is 10.3 Å². The summed E-state index contributed by atoms with van der Waals surface area (Å²) in [4.78, 5) is 16.2. The van der Waals surface area contributed by atoms with E-state index in [9.17, 15) is 9.18 Å². The predicted octanol–water partition coefficient (Wildman–Crippen LogP) is 4.36. The van der Waals surface area contributed by atoms with E-state index in [0.717, 1.165) is 18.4 Å². The van der Waals surface area contributed by atoms with E-state index in [1.807, 2.05) is 6.07 Å². The predicted molar refractivity (Wildman–Crippen MR) is 105 cm³/mol. The van der Waals surface area contributed by atoms with Crippen LogP contribution < -0.4 is 10.1 Å². The van der Waals surface area contributed by atoms with E-state index in [1.54, 1.807) is 30.5 Å². The van der Waals surface area contributed by atoms with E-state index in [-0.39, 0.29) is 18.2 Å². The van der Waals surface area contributed by atoms with Gasteiger partial charge in [0.2, 0.25) is 5.91 Å². The Labute approximate surface area is 163 Å². The minimum absolute atomic E-state index is 0.0750. The number of halogens is 1. The van der Waals surface area contributed by atoms with Crippen LogP contribution >= 0.6 is 0 Å². The van der Waals surface area contributed by atoms with Crippen LogP contribution in [0.15, 0.2) is 60.9 Å². The molecule has 0 saturated heterocycles. The Morgan fingerprint density at radius 3 is 2.75 bits per heavy atom. The number of pyridine rings is 1. The zero-order valence-corrected chi connectivity index (χ0v) is 15.5. The Kier molecular flexibility index (Phi) is 5.33. The first-order valence-corrected chi connectivity index (χ1v) is 9.41. The number of fused-ring (bicyclic) bond motifs is 1. The molecule has 1 aromatic heterocycles. The van der Waals surface area contributed by atoms with Gasteiger partial charge in [0.1, 0.15) is 5.75 Å². The van der Waals surface area contributed by atoms with Crippen LogP contribution in [0.25, 0.3) is 0 Å². The van der Waals surface area contributed by atoms with Crippen molar-refractivity contribution < 1.29 is 13.9 Å². The number of hydrogen-bond donors (Lipinski definition) is 1. The molecule has 1 aliphatic rings. The van der Waals surface area contributed by atoms with Crippen molar-refractivity contribution in [1.29, 1.82) is 0 Å². The maximum Gasteiger partial charge on any atom is 0.224 e. The molecule has 5 heteroatoms. The van der Waals surface area contributed by atoms with Gasteiger partial charge in [-0.2, -0.15) is 0 Å². The zero-order valence-electron chi connectivity index (χ0n) is 15.5. The fourth-order valence-corrected chi connectivity index (χ4v) is 3.46. The molecule has 1 aliphatic carbocycles. The van der Waals surface area contributed by atoms with Crippen LogP contribution in [0.4, 0.5) is 4.39 Å². The van der Waals surface area contributed by atoms with E-state index in [2.05, 4.69) is 22.4 Å². The third-order valence-electron chi connectivity index (χ3n) is 4.88. The fourth-order valence-electron chi connectivity index (χ4n) is 3.46. The van der Waals surface area contributed by atoms with Crippen LogP contribution in [0.1, 0.15) is 28.7 Å². The summed E-state index contributed by atoms with van der Waals surface area (Å²) >= 11 is 0. The first-order valence-electron chi connectivity index (χ1n) is 9.41. The van der Waals surface area contributed by atoms with E-state index >= 15 is 0 Å². The van der Waals surface area contributed by atoms with Crippen molar-refractivity contribution in [3.63, 3.8) is 0 Å². The average Bonchev–Trinajstić information content (AvgIpc) is 3.17. The molecule has 2 aromatic carbocycles. The SMILES string of the molecule is O=C(Cc1ccc2c(c1)CCC2)NCc1ccc(Oc2cccnc2)c(F)c1. The molecule has 142 valence electrons. The number of aryl methyl sites for hydroxylation is 2. The van der Waals surface area contributed by atoms with Gasteiger partial charge in [0, 0.05) is 12.7 Å². The number of amides is 1. The molecule has 1 heterocycles. The molecule has 0 bridgehead atoms. The smallest absolute Gasteiger partial charge is 0.224 e. The highest BCUT2D eigenvalue weighted by molar-refractivity contribution is 5.78. The maximum absolute atomic E-state index is 14.3. The van der Waals surface area contributed by atoms with Crippen molar-refractivity contribution in [3.8, 4) is 11.5 Å². The lowest BCUT2D eigenvalue weighted by Gasteiger charge is -2.10. The van der Waals surface area contributed by atoms with Crippen LogP contribution in [0, 0.1) is 5.82 Å². The second-order valence-corrected chi connectivity index (χ2v) is 6.97. The van der Waals surface area contributed by atoms with Crippen LogP contribution in [0.3, 0.4) is 0 Å². The molecular weight excluding hydrogens is 355 g/mol. The second-order valence-electron chi connectivity index (χ2n) is 6.97. The van der Waals surface area contributed by atoms with Gasteiger partial charge in [0.25, 0.3) is 0 Å². The number of benzene rings is 2. The number of nitrogens with one attached hydrogen (secondary N) is 1. The molecule has 0 saturated carbocycles. The summed E-state index contributed by atoms with van der Waals surface area (Å²) in [7, 11) is 0. The van der Waals surface area contributed by atoms with Crippen LogP contribution in [-0.4, -0.2) is 10.9 Å². The van der Waals surface area contributed by atoms with Gasteiger partial charge < -0.3 is 10.1 Å². The van der Waals surface area contributed by atoms with E-state index in [4.69, 9.17) is 4.74 Å². The normalized spacial score (nSPS) is 12.5. The van der Waals surface area contributed by atoms with Crippen molar-refractivity contribution in [2.24, 2.45) is 0 Å². The van der Waals surface area contributed by atoms with Crippen LogP contribution in [-0.2, 0) is 30.6 Å². The molecule has 0 aliphatic heterocycles. The van der Waals surface area contributed by atoms with Gasteiger partial charge in [0.15, 0.2) is 11.6 Å². The Morgan fingerprint density at radius 2 is 1.93 bits per heavy atom. The molecule has 0 radical (unpaired) electrons. The summed E-state index contributed by atoms with van der Waals surface area (Å²) in [6, 6.07) is 14.4. The molecule has 0 spiro atoms. The van der Waals surface area contributed by atoms with E-state index in [1.165, 1.54) is 29.8 Å². The number of carbonyl (C=O) groups excluding carboxylic acids is 1. The largest absolute Gasteiger partial charge is 0.453 e. The third-order valence-corrected chi connectivity index (χ3v) is 4.88. The number of rotatable bonds is 6. The number of aromatic nitrogens is 1. The maximum atomic E-state index is 14.3. The second kappa shape index (κ2) is 8.21. The van der Waals surface area contributed by atoms with Gasteiger partial charge in [-0.05, 0) is 65.8 Å². The first-order chi connectivity index (χ1) is 13.7. The summed E-state index contributed by atoms with van der Waals surface area (Å²) in [5.74, 6) is 0.0429. The minimum Gasteiger partial charge on any atom is -0.453 e. The third kappa shape index (κ3) is 4.36. The Morgan fingerprint density at radius 1 is 1.07 bits per heavy atom. The van der Waals surface area contributed by atoms with Crippen molar-refractivity contribution in [2.45, 2.75) is 32.2 Å². The molecule has 4 rings (SSSR count). The van der Waals surface area contributed by atoms with Gasteiger partial charge in [-0.1, -0.05) is 24.3 Å².